The van der Waals surface area contributed by atoms with E-state index in [2.05, 4.69) is 17.6 Å². The maximum absolute atomic E-state index is 12.6. The first-order valence-electron chi connectivity index (χ1n) is 10.6. The van der Waals surface area contributed by atoms with Crippen LogP contribution < -0.4 is 10.6 Å². The quantitative estimate of drug-likeness (QED) is 0.349. The molecule has 0 atom stereocenters. The number of nitro groups is 1. The van der Waals surface area contributed by atoms with Crippen LogP contribution in [0.3, 0.4) is 0 Å². The highest BCUT2D eigenvalue weighted by Crippen LogP contribution is 2.25. The van der Waals surface area contributed by atoms with E-state index in [0.717, 1.165) is 37.8 Å². The minimum atomic E-state index is -0.770. The number of hydrogen-bond acceptors (Lipinski definition) is 6. The van der Waals surface area contributed by atoms with Crippen LogP contribution in [0.5, 0.6) is 0 Å². The number of amides is 2. The summed E-state index contributed by atoms with van der Waals surface area (Å²) in [6, 6.07) is 9.70. The zero-order valence-electron chi connectivity index (χ0n) is 18.0. The van der Waals surface area contributed by atoms with Crippen LogP contribution in [0, 0.1) is 16.0 Å². The van der Waals surface area contributed by atoms with Gasteiger partial charge in [-0.25, -0.2) is 4.79 Å². The van der Waals surface area contributed by atoms with Gasteiger partial charge >= 0.3 is 5.97 Å². The highest BCUT2D eigenvalue weighted by atomic mass is 35.5. The Morgan fingerprint density at radius 1 is 1.09 bits per heavy atom. The molecule has 0 unspecified atom stereocenters. The summed E-state index contributed by atoms with van der Waals surface area (Å²) < 4.78 is 5.14. The summed E-state index contributed by atoms with van der Waals surface area (Å²) in [5.41, 5.74) is -0.0278. The number of halogens is 1. The molecule has 0 aliphatic heterocycles. The number of non-ortho nitro benzene ring substituents is 1. The Morgan fingerprint density at radius 2 is 1.79 bits per heavy atom. The van der Waals surface area contributed by atoms with Crippen molar-refractivity contribution in [2.45, 2.75) is 38.6 Å². The van der Waals surface area contributed by atoms with Crippen LogP contribution in [-0.4, -0.2) is 35.4 Å². The van der Waals surface area contributed by atoms with Crippen molar-refractivity contribution in [1.29, 1.82) is 0 Å². The average Bonchev–Trinajstić information content (AvgIpc) is 2.79. The van der Waals surface area contributed by atoms with Crippen molar-refractivity contribution in [3.8, 4) is 0 Å². The van der Waals surface area contributed by atoms with Gasteiger partial charge in [0.15, 0.2) is 6.61 Å². The van der Waals surface area contributed by atoms with Gasteiger partial charge in [-0.3, -0.25) is 19.7 Å². The lowest BCUT2D eigenvalue weighted by atomic mass is 9.87. The maximum atomic E-state index is 12.6. The van der Waals surface area contributed by atoms with E-state index in [1.807, 2.05) is 0 Å². The lowest BCUT2D eigenvalue weighted by Gasteiger charge is -2.26. The first-order chi connectivity index (χ1) is 15.7. The predicted octanol–water partition coefficient (Wildman–Crippen LogP) is 4.35. The summed E-state index contributed by atoms with van der Waals surface area (Å²) in [6.07, 6.45) is 3.91. The molecule has 0 bridgehead atoms. The molecule has 1 aliphatic rings. The van der Waals surface area contributed by atoms with E-state index in [-0.39, 0.29) is 39.5 Å². The summed E-state index contributed by atoms with van der Waals surface area (Å²) in [4.78, 5) is 47.6. The summed E-state index contributed by atoms with van der Waals surface area (Å²) >= 11 is 6.01. The molecule has 0 saturated heterocycles. The number of anilines is 1. The second-order valence-corrected chi connectivity index (χ2v) is 8.43. The molecule has 1 saturated carbocycles. The van der Waals surface area contributed by atoms with Crippen molar-refractivity contribution in [2.24, 2.45) is 5.92 Å². The van der Waals surface area contributed by atoms with E-state index in [4.69, 9.17) is 16.3 Å². The zero-order valence-corrected chi connectivity index (χ0v) is 18.8. The van der Waals surface area contributed by atoms with Crippen LogP contribution in [0.2, 0.25) is 5.02 Å². The Morgan fingerprint density at radius 3 is 2.45 bits per heavy atom. The number of para-hydroxylation sites is 1. The third-order valence-corrected chi connectivity index (χ3v) is 5.83. The van der Waals surface area contributed by atoms with Gasteiger partial charge in [0.1, 0.15) is 0 Å². The number of carbonyl (C=O) groups is 3. The molecule has 10 heteroatoms. The predicted molar refractivity (Wildman–Crippen MR) is 122 cm³/mol. The minimum absolute atomic E-state index is 0.00613. The summed E-state index contributed by atoms with van der Waals surface area (Å²) in [5.74, 6) is -1.14. The molecule has 3 rings (SSSR count). The zero-order chi connectivity index (χ0) is 24.0. The summed E-state index contributed by atoms with van der Waals surface area (Å²) in [7, 11) is 0. The molecule has 174 valence electrons. The third-order valence-electron chi connectivity index (χ3n) is 5.52. The van der Waals surface area contributed by atoms with Gasteiger partial charge in [0.25, 0.3) is 17.5 Å². The van der Waals surface area contributed by atoms with E-state index in [0.29, 0.717) is 5.92 Å². The van der Waals surface area contributed by atoms with E-state index < -0.39 is 23.4 Å². The number of nitrogens with one attached hydrogen (secondary N) is 2. The molecule has 1 aliphatic carbocycles. The number of ether oxygens (including phenoxy) is 1. The first kappa shape index (κ1) is 24.2. The molecule has 2 aromatic rings. The van der Waals surface area contributed by atoms with Crippen LogP contribution in [0.4, 0.5) is 11.4 Å². The fourth-order valence-electron chi connectivity index (χ4n) is 3.64. The molecule has 33 heavy (non-hydrogen) atoms. The highest BCUT2D eigenvalue weighted by molar-refractivity contribution is 6.34. The van der Waals surface area contributed by atoms with Gasteiger partial charge in [-0.1, -0.05) is 30.7 Å². The molecule has 0 aromatic heterocycles. The van der Waals surface area contributed by atoms with Crippen LogP contribution in [0.15, 0.2) is 42.5 Å². The normalized spacial score (nSPS) is 17.6. The topological polar surface area (TPSA) is 128 Å². The van der Waals surface area contributed by atoms with Crippen molar-refractivity contribution < 1.29 is 24.0 Å². The van der Waals surface area contributed by atoms with Gasteiger partial charge in [-0.15, -0.1) is 0 Å². The van der Waals surface area contributed by atoms with Crippen LogP contribution in [0.25, 0.3) is 0 Å². The second-order valence-electron chi connectivity index (χ2n) is 8.02. The molecule has 0 heterocycles. The fourth-order valence-corrected chi connectivity index (χ4v) is 3.90. The van der Waals surface area contributed by atoms with Crippen molar-refractivity contribution in [2.75, 3.05) is 11.9 Å². The van der Waals surface area contributed by atoms with Gasteiger partial charge in [-0.2, -0.15) is 0 Å². The van der Waals surface area contributed by atoms with Gasteiger partial charge in [0.2, 0.25) is 0 Å². The number of carbonyl (C=O) groups excluding carboxylic acids is 3. The van der Waals surface area contributed by atoms with E-state index in [1.54, 1.807) is 12.1 Å². The first-order valence-corrected chi connectivity index (χ1v) is 10.9. The van der Waals surface area contributed by atoms with Crippen molar-refractivity contribution in [1.82, 2.24) is 5.32 Å². The molecule has 2 N–H and O–H groups in total. The van der Waals surface area contributed by atoms with E-state index in [9.17, 15) is 24.5 Å². The Kier molecular flexibility index (Phi) is 8.00. The number of esters is 1. The fraction of sp³-hybridized carbons (Fsp3) is 0.348. The standard InChI is InChI=1S/C23H24ClN3O6/c1-14-6-8-15(9-7-14)25-21(28)13-33-23(30)18-4-2-3-5-20(18)26-22(29)17-11-10-16(27(31)32)12-19(17)24/h2-5,10-12,14-15H,6-9,13H2,1H3,(H,25,28)(H,26,29). The van der Waals surface area contributed by atoms with Crippen molar-refractivity contribution in [3.63, 3.8) is 0 Å². The SMILES string of the molecule is CC1CCC(NC(=O)COC(=O)c2ccccc2NC(=O)c2ccc([N+](=O)[O-])cc2Cl)CC1. The Bertz CT molecular complexity index is 1070. The average molecular weight is 474 g/mol. The smallest absolute Gasteiger partial charge is 0.340 e. The van der Waals surface area contributed by atoms with Gasteiger partial charge in [0, 0.05) is 18.2 Å². The van der Waals surface area contributed by atoms with Gasteiger partial charge in [-0.05, 0) is 49.8 Å². The Labute approximate surface area is 195 Å². The Balaban J connectivity index is 1.61. The third kappa shape index (κ3) is 6.52. The van der Waals surface area contributed by atoms with Crippen molar-refractivity contribution in [3.05, 3.63) is 68.7 Å². The number of hydrogen-bond donors (Lipinski definition) is 2. The summed E-state index contributed by atoms with van der Waals surface area (Å²) in [6.45, 7) is 1.76. The molecular formula is C23H24ClN3O6. The lowest BCUT2D eigenvalue weighted by molar-refractivity contribution is -0.384. The highest BCUT2D eigenvalue weighted by Gasteiger charge is 2.22. The molecule has 0 radical (unpaired) electrons. The van der Waals surface area contributed by atoms with Crippen molar-refractivity contribution >= 4 is 40.8 Å². The second kappa shape index (κ2) is 10.9. The van der Waals surface area contributed by atoms with Crippen LogP contribution in [0.1, 0.15) is 53.3 Å². The largest absolute Gasteiger partial charge is 0.452 e. The molecular weight excluding hydrogens is 450 g/mol. The monoisotopic (exact) mass is 473 g/mol. The number of rotatable bonds is 7. The minimum Gasteiger partial charge on any atom is -0.452 e. The molecule has 1 fully saturated rings. The lowest BCUT2D eigenvalue weighted by Crippen LogP contribution is -2.39. The molecule has 2 aromatic carbocycles. The number of nitro benzene ring substituents is 1. The number of benzene rings is 2. The van der Waals surface area contributed by atoms with E-state index in [1.165, 1.54) is 18.2 Å². The molecule has 9 nitrogen and oxygen atoms in total. The Hall–Kier alpha value is -3.46. The molecule has 2 amide bonds. The summed E-state index contributed by atoms with van der Waals surface area (Å²) in [5, 5.41) is 16.2. The molecule has 0 spiro atoms. The van der Waals surface area contributed by atoms with Gasteiger partial charge in [0.05, 0.1) is 26.8 Å². The van der Waals surface area contributed by atoms with Gasteiger partial charge < -0.3 is 15.4 Å². The van der Waals surface area contributed by atoms with Crippen LogP contribution >= 0.6 is 11.6 Å². The number of nitrogens with zero attached hydrogens (tertiary/aromatic N) is 1. The maximum Gasteiger partial charge on any atom is 0.340 e. The van der Waals surface area contributed by atoms with Crippen LogP contribution in [-0.2, 0) is 9.53 Å². The van der Waals surface area contributed by atoms with E-state index >= 15 is 0 Å².